The summed E-state index contributed by atoms with van der Waals surface area (Å²) in [6, 6.07) is 11.6. The van der Waals surface area contributed by atoms with Crippen LogP contribution >= 0.6 is 0 Å². The molecule has 2 aromatic heterocycles. The number of nitrogens with zero attached hydrogens (tertiary/aromatic N) is 2. The van der Waals surface area contributed by atoms with E-state index in [0.717, 1.165) is 31.0 Å². The van der Waals surface area contributed by atoms with Crippen molar-refractivity contribution in [3.05, 3.63) is 65.6 Å². The molecule has 7 nitrogen and oxygen atoms in total. The molecule has 1 aliphatic rings. The molecule has 33 heavy (non-hydrogen) atoms. The summed E-state index contributed by atoms with van der Waals surface area (Å²) in [7, 11) is 0. The largest absolute Gasteiger partial charge is 0.475 e. The Bertz CT molecular complexity index is 1190. The van der Waals surface area contributed by atoms with Gasteiger partial charge in [-0.2, -0.15) is 18.3 Å². The first-order valence-corrected chi connectivity index (χ1v) is 10.4. The first kappa shape index (κ1) is 22.5. The van der Waals surface area contributed by atoms with Crippen LogP contribution in [0.15, 0.2) is 54.2 Å². The Hall–Kier alpha value is -3.66. The second kappa shape index (κ2) is 9.07. The number of H-pyrrole nitrogens is 1. The molecule has 3 aromatic rings. The number of para-hydroxylation sites is 1. The standard InChI is InChI=1S/C23H23F3N6O/c1-13(27)9-16(28)17-10-14(11-18(30-17)19-12-21(32-31-19)23(24,25)26)15-5-2-3-6-20(15)33-22-7-4-8-29-22/h2-3,5-6,9-12,22,28-29H,4,7-8,27H2,1H3,(H,31,32). The van der Waals surface area contributed by atoms with Crippen LogP contribution < -0.4 is 15.8 Å². The predicted molar refractivity (Wildman–Crippen MR) is 119 cm³/mol. The molecule has 1 aromatic carbocycles. The molecule has 1 unspecified atom stereocenters. The van der Waals surface area contributed by atoms with Crippen LogP contribution in [0.3, 0.4) is 0 Å². The lowest BCUT2D eigenvalue weighted by Crippen LogP contribution is -2.27. The number of allylic oxidation sites excluding steroid dienone is 2. The quantitative estimate of drug-likeness (QED) is 0.409. The number of pyridine rings is 1. The lowest BCUT2D eigenvalue weighted by molar-refractivity contribution is -0.141. The van der Waals surface area contributed by atoms with Gasteiger partial charge in [-0.3, -0.25) is 15.8 Å². The number of hydrogen-bond acceptors (Lipinski definition) is 6. The Labute approximate surface area is 188 Å². The van der Waals surface area contributed by atoms with Gasteiger partial charge in [-0.15, -0.1) is 0 Å². The normalized spacial score (nSPS) is 16.7. The number of rotatable bonds is 6. The van der Waals surface area contributed by atoms with E-state index in [1.165, 1.54) is 6.08 Å². The summed E-state index contributed by atoms with van der Waals surface area (Å²) in [5.41, 5.74) is 6.99. The highest BCUT2D eigenvalue weighted by Crippen LogP contribution is 2.35. The Morgan fingerprint density at radius 1 is 1.21 bits per heavy atom. The number of benzene rings is 1. The van der Waals surface area contributed by atoms with Crippen molar-refractivity contribution >= 4 is 5.71 Å². The third-order valence-electron chi connectivity index (χ3n) is 5.10. The molecule has 0 amide bonds. The zero-order chi connectivity index (χ0) is 23.6. The lowest BCUT2D eigenvalue weighted by atomic mass is 10.0. The third kappa shape index (κ3) is 5.23. The first-order valence-electron chi connectivity index (χ1n) is 10.4. The van der Waals surface area contributed by atoms with Crippen LogP contribution in [-0.4, -0.2) is 33.7 Å². The molecule has 1 atom stereocenters. The number of nitrogens with two attached hydrogens (primary N) is 1. The average molecular weight is 456 g/mol. The number of halogens is 3. The highest BCUT2D eigenvalue weighted by molar-refractivity contribution is 6.06. The summed E-state index contributed by atoms with van der Waals surface area (Å²) in [5.74, 6) is 0.620. The van der Waals surface area contributed by atoms with E-state index in [-0.39, 0.29) is 29.0 Å². The van der Waals surface area contributed by atoms with Crippen LogP contribution in [0.4, 0.5) is 13.2 Å². The molecule has 0 radical (unpaired) electrons. The van der Waals surface area contributed by atoms with Gasteiger partial charge in [0.25, 0.3) is 0 Å². The van der Waals surface area contributed by atoms with Crippen molar-refractivity contribution in [1.29, 1.82) is 5.41 Å². The molecule has 10 heteroatoms. The van der Waals surface area contributed by atoms with Gasteiger partial charge < -0.3 is 10.5 Å². The highest BCUT2D eigenvalue weighted by Gasteiger charge is 2.33. The van der Waals surface area contributed by atoms with E-state index in [1.807, 2.05) is 29.4 Å². The van der Waals surface area contributed by atoms with Gasteiger partial charge in [-0.05, 0) is 62.2 Å². The van der Waals surface area contributed by atoms with Crippen LogP contribution in [0.5, 0.6) is 5.75 Å². The van der Waals surface area contributed by atoms with Crippen LogP contribution in [0.1, 0.15) is 31.2 Å². The Kier molecular flexibility index (Phi) is 6.19. The van der Waals surface area contributed by atoms with Crippen molar-refractivity contribution in [1.82, 2.24) is 20.5 Å². The van der Waals surface area contributed by atoms with E-state index >= 15 is 0 Å². The zero-order valence-corrected chi connectivity index (χ0v) is 17.8. The minimum atomic E-state index is -4.56. The minimum absolute atomic E-state index is 0.0162. The summed E-state index contributed by atoms with van der Waals surface area (Å²) >= 11 is 0. The summed E-state index contributed by atoms with van der Waals surface area (Å²) in [5, 5.41) is 17.4. The Balaban J connectivity index is 1.81. The maximum atomic E-state index is 13.1. The third-order valence-corrected chi connectivity index (χ3v) is 5.10. The maximum absolute atomic E-state index is 13.1. The summed E-state index contributed by atoms with van der Waals surface area (Å²) in [6.45, 7) is 2.51. The van der Waals surface area contributed by atoms with E-state index in [0.29, 0.717) is 17.0 Å². The van der Waals surface area contributed by atoms with Gasteiger partial charge in [0.2, 0.25) is 0 Å². The molecule has 5 N–H and O–H groups in total. The van der Waals surface area contributed by atoms with E-state index in [9.17, 15) is 13.2 Å². The number of ether oxygens (including phenoxy) is 1. The number of hydrogen-bond donors (Lipinski definition) is 4. The predicted octanol–water partition coefficient (Wildman–Crippen LogP) is 4.48. The molecule has 1 fully saturated rings. The SMILES string of the molecule is CC(N)=CC(=N)c1cc(-c2ccccc2OC2CCCN2)cc(-c2cc(C(F)(F)F)[nH]n2)n1. The molecule has 1 saturated heterocycles. The van der Waals surface area contributed by atoms with Crippen molar-refractivity contribution < 1.29 is 17.9 Å². The molecular formula is C23H23F3N6O. The summed E-state index contributed by atoms with van der Waals surface area (Å²) in [4.78, 5) is 4.38. The second-order valence-corrected chi connectivity index (χ2v) is 7.79. The van der Waals surface area contributed by atoms with Gasteiger partial charge in [-0.25, -0.2) is 4.98 Å². The molecule has 172 valence electrons. The van der Waals surface area contributed by atoms with Crippen molar-refractivity contribution in [3.63, 3.8) is 0 Å². The summed E-state index contributed by atoms with van der Waals surface area (Å²) < 4.78 is 45.4. The van der Waals surface area contributed by atoms with Gasteiger partial charge in [0, 0.05) is 11.3 Å². The van der Waals surface area contributed by atoms with Crippen LogP contribution in [0.2, 0.25) is 0 Å². The first-order chi connectivity index (χ1) is 15.7. The number of alkyl halides is 3. The number of nitrogens with one attached hydrogen (secondary N) is 3. The molecule has 4 rings (SSSR count). The molecule has 3 heterocycles. The van der Waals surface area contributed by atoms with Crippen LogP contribution in [0, 0.1) is 5.41 Å². The average Bonchev–Trinajstić information content (AvgIpc) is 3.45. The highest BCUT2D eigenvalue weighted by atomic mass is 19.4. The molecule has 1 aliphatic heterocycles. The van der Waals surface area contributed by atoms with Crippen LogP contribution in [0.25, 0.3) is 22.5 Å². The maximum Gasteiger partial charge on any atom is 0.432 e. The number of aromatic amines is 1. The van der Waals surface area contributed by atoms with Gasteiger partial charge in [0.15, 0.2) is 0 Å². The van der Waals surface area contributed by atoms with E-state index in [4.69, 9.17) is 15.9 Å². The number of aromatic nitrogens is 3. The van der Waals surface area contributed by atoms with Crippen molar-refractivity contribution in [3.8, 4) is 28.3 Å². The van der Waals surface area contributed by atoms with Gasteiger partial charge in [0.1, 0.15) is 23.4 Å². The molecular weight excluding hydrogens is 433 g/mol. The molecule has 0 aliphatic carbocycles. The Morgan fingerprint density at radius 2 is 2.00 bits per heavy atom. The fourth-order valence-corrected chi connectivity index (χ4v) is 3.57. The Morgan fingerprint density at radius 3 is 2.67 bits per heavy atom. The van der Waals surface area contributed by atoms with Gasteiger partial charge in [-0.1, -0.05) is 18.2 Å². The monoisotopic (exact) mass is 456 g/mol. The zero-order valence-electron chi connectivity index (χ0n) is 17.8. The van der Waals surface area contributed by atoms with E-state index < -0.39 is 11.9 Å². The van der Waals surface area contributed by atoms with Crippen molar-refractivity contribution in [2.45, 2.75) is 32.2 Å². The molecule has 0 spiro atoms. The molecule has 0 bridgehead atoms. The van der Waals surface area contributed by atoms with Crippen molar-refractivity contribution in [2.75, 3.05) is 6.54 Å². The smallest absolute Gasteiger partial charge is 0.432 e. The second-order valence-electron chi connectivity index (χ2n) is 7.79. The van der Waals surface area contributed by atoms with Crippen LogP contribution in [-0.2, 0) is 6.18 Å². The van der Waals surface area contributed by atoms with E-state index in [2.05, 4.69) is 15.4 Å². The topological polar surface area (TPSA) is 113 Å². The fourth-order valence-electron chi connectivity index (χ4n) is 3.57. The van der Waals surface area contributed by atoms with Gasteiger partial charge in [0.05, 0.1) is 17.1 Å². The van der Waals surface area contributed by atoms with Gasteiger partial charge >= 0.3 is 6.18 Å². The lowest BCUT2D eigenvalue weighted by Gasteiger charge is -2.17. The van der Waals surface area contributed by atoms with E-state index in [1.54, 1.807) is 19.1 Å². The summed E-state index contributed by atoms with van der Waals surface area (Å²) in [6.07, 6.45) is -1.36. The molecule has 0 saturated carbocycles. The van der Waals surface area contributed by atoms with Crippen molar-refractivity contribution in [2.24, 2.45) is 5.73 Å². The fraction of sp³-hybridized carbons (Fsp3) is 0.261. The minimum Gasteiger partial charge on any atom is -0.475 e.